The van der Waals surface area contributed by atoms with Crippen molar-refractivity contribution >= 4 is 46.3 Å². The van der Waals surface area contributed by atoms with E-state index in [1.807, 2.05) is 24.3 Å². The molecule has 4 aromatic rings. The van der Waals surface area contributed by atoms with E-state index in [1.54, 1.807) is 47.4 Å². The molecule has 0 bridgehead atoms. The van der Waals surface area contributed by atoms with Gasteiger partial charge in [0.1, 0.15) is 11.9 Å². The molecule has 1 unspecified atom stereocenters. The largest absolute Gasteiger partial charge is 0.481 e. The third-order valence-corrected chi connectivity index (χ3v) is 7.84. The maximum absolute atomic E-state index is 13.4. The van der Waals surface area contributed by atoms with E-state index in [0.29, 0.717) is 46.6 Å². The number of amides is 4. The predicted molar refractivity (Wildman–Crippen MR) is 160 cm³/mol. The van der Waals surface area contributed by atoms with Crippen LogP contribution in [0.4, 0.5) is 5.69 Å². The minimum atomic E-state index is -1.12. The van der Waals surface area contributed by atoms with Gasteiger partial charge in [-0.25, -0.2) is 4.98 Å². The Labute approximate surface area is 252 Å². The number of benzene rings is 3. The predicted octanol–water partition coefficient (Wildman–Crippen LogP) is 3.17. The van der Waals surface area contributed by atoms with Crippen molar-refractivity contribution in [3.63, 3.8) is 0 Å². The van der Waals surface area contributed by atoms with Crippen molar-refractivity contribution in [2.45, 2.75) is 38.4 Å². The van der Waals surface area contributed by atoms with Crippen LogP contribution in [0.25, 0.3) is 11.0 Å². The van der Waals surface area contributed by atoms with E-state index in [2.05, 4.69) is 20.6 Å². The molecule has 0 aliphatic carbocycles. The molecule has 4 N–H and O–H groups in total. The van der Waals surface area contributed by atoms with Crippen LogP contribution in [0.2, 0.25) is 0 Å². The van der Waals surface area contributed by atoms with Crippen LogP contribution >= 0.6 is 0 Å². The second-order valence-corrected chi connectivity index (χ2v) is 10.8. The van der Waals surface area contributed by atoms with Crippen LogP contribution in [0, 0.1) is 0 Å². The Bertz CT molecular complexity index is 1730. The van der Waals surface area contributed by atoms with E-state index in [1.165, 1.54) is 4.90 Å². The topological polar surface area (TPSA) is 165 Å². The average molecular weight is 595 g/mol. The van der Waals surface area contributed by atoms with E-state index < -0.39 is 18.4 Å². The van der Waals surface area contributed by atoms with Crippen LogP contribution < -0.4 is 10.6 Å². The third kappa shape index (κ3) is 5.74. The molecule has 1 atom stereocenters. The Morgan fingerprint density at radius 3 is 2.36 bits per heavy atom. The number of rotatable bonds is 10. The monoisotopic (exact) mass is 594 g/mol. The number of aromatic nitrogens is 2. The molecule has 3 aromatic carbocycles. The quantitative estimate of drug-likeness (QED) is 0.161. The SMILES string of the molecule is O=C(O)CC1Nc2ccc(C(=O)NCc3nc4ccccc4[nH]3)cc2CN(CCCCN2C(=O)c3ccccc3C2=O)C1=O. The molecule has 0 fully saturated rings. The summed E-state index contributed by atoms with van der Waals surface area (Å²) in [6.07, 6.45) is 0.527. The van der Waals surface area contributed by atoms with Crippen molar-refractivity contribution in [1.82, 2.24) is 25.1 Å². The summed E-state index contributed by atoms with van der Waals surface area (Å²) in [5.74, 6) is -1.86. The highest BCUT2D eigenvalue weighted by atomic mass is 16.4. The van der Waals surface area contributed by atoms with Crippen LogP contribution in [-0.4, -0.2) is 73.6 Å². The molecule has 12 nitrogen and oxygen atoms in total. The van der Waals surface area contributed by atoms with Gasteiger partial charge in [0.2, 0.25) is 5.91 Å². The lowest BCUT2D eigenvalue weighted by molar-refractivity contribution is -0.141. The van der Waals surface area contributed by atoms with Crippen molar-refractivity contribution in [3.8, 4) is 0 Å². The fourth-order valence-corrected chi connectivity index (χ4v) is 5.63. The normalized spacial score (nSPS) is 16.0. The summed E-state index contributed by atoms with van der Waals surface area (Å²) in [6.45, 7) is 0.843. The fourth-order valence-electron chi connectivity index (χ4n) is 5.63. The number of hydrogen-bond donors (Lipinski definition) is 4. The number of carbonyl (C=O) groups excluding carboxylic acids is 4. The smallest absolute Gasteiger partial charge is 0.305 e. The van der Waals surface area contributed by atoms with Gasteiger partial charge in [-0.2, -0.15) is 0 Å². The van der Waals surface area contributed by atoms with Gasteiger partial charge in [0.25, 0.3) is 17.7 Å². The molecule has 2 aliphatic heterocycles. The molecule has 1 aromatic heterocycles. The first-order chi connectivity index (χ1) is 21.3. The molecule has 0 saturated carbocycles. The number of hydrogen-bond acceptors (Lipinski definition) is 7. The van der Waals surface area contributed by atoms with E-state index in [-0.39, 0.29) is 49.8 Å². The van der Waals surface area contributed by atoms with Crippen LogP contribution in [0.1, 0.15) is 61.7 Å². The molecule has 0 radical (unpaired) electrons. The summed E-state index contributed by atoms with van der Waals surface area (Å²) in [6, 6.07) is 18.3. The van der Waals surface area contributed by atoms with E-state index in [4.69, 9.17) is 0 Å². The van der Waals surface area contributed by atoms with Gasteiger partial charge in [-0.05, 0) is 60.9 Å². The van der Waals surface area contributed by atoms with Crippen LogP contribution in [0.3, 0.4) is 0 Å². The highest BCUT2D eigenvalue weighted by molar-refractivity contribution is 6.21. The first-order valence-electron chi connectivity index (χ1n) is 14.4. The Hall–Kier alpha value is -5.52. The molecule has 6 rings (SSSR count). The minimum Gasteiger partial charge on any atom is -0.481 e. The van der Waals surface area contributed by atoms with Crippen molar-refractivity contribution in [1.29, 1.82) is 0 Å². The average Bonchev–Trinajstić information content (AvgIpc) is 3.51. The molecule has 44 heavy (non-hydrogen) atoms. The summed E-state index contributed by atoms with van der Waals surface area (Å²) in [7, 11) is 0. The molecule has 224 valence electrons. The lowest BCUT2D eigenvalue weighted by Crippen LogP contribution is -2.42. The van der Waals surface area contributed by atoms with E-state index in [9.17, 15) is 29.1 Å². The number of carboxylic acid groups (broad SMARTS) is 1. The van der Waals surface area contributed by atoms with Crippen molar-refractivity contribution in [2.75, 3.05) is 18.4 Å². The summed E-state index contributed by atoms with van der Waals surface area (Å²) in [5.41, 5.74) is 4.08. The van der Waals surface area contributed by atoms with Gasteiger partial charge in [0.15, 0.2) is 0 Å². The maximum atomic E-state index is 13.4. The molecule has 0 saturated heterocycles. The minimum absolute atomic E-state index is 0.162. The highest BCUT2D eigenvalue weighted by Crippen LogP contribution is 2.27. The Kier molecular flexibility index (Phi) is 7.80. The maximum Gasteiger partial charge on any atom is 0.305 e. The highest BCUT2D eigenvalue weighted by Gasteiger charge is 2.35. The second kappa shape index (κ2) is 12.0. The van der Waals surface area contributed by atoms with Gasteiger partial charge in [-0.3, -0.25) is 28.9 Å². The van der Waals surface area contributed by atoms with Crippen molar-refractivity contribution < 1.29 is 29.1 Å². The number of fused-ring (bicyclic) bond motifs is 3. The zero-order valence-corrected chi connectivity index (χ0v) is 23.7. The lowest BCUT2D eigenvalue weighted by Gasteiger charge is -2.24. The van der Waals surface area contributed by atoms with Gasteiger partial charge >= 0.3 is 5.97 Å². The summed E-state index contributed by atoms with van der Waals surface area (Å²) in [4.78, 5) is 73.8. The number of carbonyl (C=O) groups is 5. The summed E-state index contributed by atoms with van der Waals surface area (Å²) in [5, 5.41) is 15.4. The number of H-pyrrole nitrogens is 1. The first kappa shape index (κ1) is 28.6. The first-order valence-corrected chi connectivity index (χ1v) is 14.4. The molecule has 2 aliphatic rings. The number of nitrogens with zero attached hydrogens (tertiary/aromatic N) is 3. The van der Waals surface area contributed by atoms with Crippen LogP contribution in [0.15, 0.2) is 66.7 Å². The van der Waals surface area contributed by atoms with Crippen LogP contribution in [0.5, 0.6) is 0 Å². The van der Waals surface area contributed by atoms with Crippen molar-refractivity contribution in [3.05, 3.63) is 94.8 Å². The van der Waals surface area contributed by atoms with Gasteiger partial charge in [-0.1, -0.05) is 24.3 Å². The third-order valence-electron chi connectivity index (χ3n) is 7.84. The Balaban J connectivity index is 1.12. The number of para-hydroxylation sites is 2. The molecule has 4 amide bonds. The second-order valence-electron chi connectivity index (χ2n) is 10.8. The standard InChI is InChI=1S/C32H30N6O6/c39-28(40)16-26-32(44)37(13-5-6-14-38-30(42)21-7-1-2-8-22(21)31(38)43)18-20-15-19(11-12-23(20)34-26)29(41)33-17-27-35-24-9-3-4-10-25(24)36-27/h1-4,7-12,15,26,34H,5-6,13-14,16-18H2,(H,33,41)(H,35,36)(H,39,40). The van der Waals surface area contributed by atoms with Gasteiger partial charge in [-0.15, -0.1) is 0 Å². The lowest BCUT2D eigenvalue weighted by atomic mass is 10.1. The number of nitrogens with one attached hydrogen (secondary N) is 3. The van der Waals surface area contributed by atoms with E-state index >= 15 is 0 Å². The number of imide groups is 1. The van der Waals surface area contributed by atoms with Crippen LogP contribution in [-0.2, 0) is 22.7 Å². The van der Waals surface area contributed by atoms with Gasteiger partial charge in [0.05, 0.1) is 35.1 Å². The van der Waals surface area contributed by atoms with Gasteiger partial charge < -0.3 is 25.6 Å². The number of unbranched alkanes of at least 4 members (excludes halogenated alkanes) is 1. The Morgan fingerprint density at radius 2 is 1.64 bits per heavy atom. The van der Waals surface area contributed by atoms with Gasteiger partial charge in [0, 0.05) is 30.9 Å². The molecule has 12 heteroatoms. The Morgan fingerprint density at radius 1 is 0.932 bits per heavy atom. The van der Waals surface area contributed by atoms with E-state index in [0.717, 1.165) is 11.0 Å². The number of anilines is 1. The zero-order chi connectivity index (χ0) is 30.8. The van der Waals surface area contributed by atoms with Crippen molar-refractivity contribution in [2.24, 2.45) is 0 Å². The summed E-state index contributed by atoms with van der Waals surface area (Å²) < 4.78 is 0. The molecular formula is C32H30N6O6. The summed E-state index contributed by atoms with van der Waals surface area (Å²) >= 11 is 0. The zero-order valence-electron chi connectivity index (χ0n) is 23.7. The molecule has 3 heterocycles. The fraction of sp³-hybridized carbons (Fsp3) is 0.250. The molecular weight excluding hydrogens is 564 g/mol. The number of carboxylic acids is 1. The number of imidazole rings is 1. The number of aromatic amines is 1. The molecule has 0 spiro atoms. The number of aliphatic carboxylic acids is 1.